The fourth-order valence-electron chi connectivity index (χ4n) is 2.62. The van der Waals surface area contributed by atoms with Crippen LogP contribution < -0.4 is 10.6 Å². The number of aliphatic imine (C=N–C) groups is 1. The van der Waals surface area contributed by atoms with Crippen LogP contribution in [0.15, 0.2) is 45.8 Å². The third-order valence-corrected chi connectivity index (χ3v) is 4.19. The number of rotatable bonds is 2. The summed E-state index contributed by atoms with van der Waals surface area (Å²) in [4.78, 5) is 8.97. The van der Waals surface area contributed by atoms with Crippen molar-refractivity contribution >= 4 is 27.5 Å². The monoisotopic (exact) mass is 357 g/mol. The Kier molecular flexibility index (Phi) is 4.54. The first-order valence-corrected chi connectivity index (χ1v) is 8.10. The number of guanidine groups is 1. The lowest BCUT2D eigenvalue weighted by atomic mass is 10.1. The molecule has 1 saturated carbocycles. The van der Waals surface area contributed by atoms with E-state index in [1.54, 1.807) is 12.4 Å². The Morgan fingerprint density at radius 2 is 2.18 bits per heavy atom. The lowest BCUT2D eigenvalue weighted by Gasteiger charge is -2.18. The van der Waals surface area contributed by atoms with Gasteiger partial charge in [-0.15, -0.1) is 0 Å². The number of hydrogen-bond acceptors (Lipinski definition) is 3. The number of aromatic nitrogens is 1. The number of nitrogens with zero attached hydrogens (tertiary/aromatic N) is 3. The van der Waals surface area contributed by atoms with Crippen molar-refractivity contribution in [3.63, 3.8) is 0 Å². The Morgan fingerprint density at radius 1 is 1.36 bits per heavy atom. The van der Waals surface area contributed by atoms with E-state index < -0.39 is 0 Å². The molecular formula is C16H16BrN5. The third kappa shape index (κ3) is 3.37. The SMILES string of the molecule is N#CC(=C1C=CNC(=NC2CCCC2)N1)c1ccc(Br)cn1. The van der Waals surface area contributed by atoms with Gasteiger partial charge in [0.05, 0.1) is 17.4 Å². The molecule has 1 aromatic rings. The molecule has 3 rings (SSSR count). The zero-order valence-electron chi connectivity index (χ0n) is 12.0. The van der Waals surface area contributed by atoms with E-state index in [9.17, 15) is 5.26 Å². The van der Waals surface area contributed by atoms with Crippen molar-refractivity contribution in [1.29, 1.82) is 5.26 Å². The Bertz CT molecular complexity index is 675. The van der Waals surface area contributed by atoms with Crippen LogP contribution in [-0.4, -0.2) is 17.0 Å². The van der Waals surface area contributed by atoms with Gasteiger partial charge in [0.25, 0.3) is 0 Å². The molecule has 112 valence electrons. The van der Waals surface area contributed by atoms with E-state index in [4.69, 9.17) is 0 Å². The summed E-state index contributed by atoms with van der Waals surface area (Å²) in [7, 11) is 0. The van der Waals surface area contributed by atoms with Crippen molar-refractivity contribution in [2.75, 3.05) is 0 Å². The maximum Gasteiger partial charge on any atom is 0.200 e. The van der Waals surface area contributed by atoms with E-state index in [-0.39, 0.29) is 0 Å². The summed E-state index contributed by atoms with van der Waals surface area (Å²) in [6, 6.07) is 6.30. The molecule has 0 amide bonds. The minimum atomic E-state index is 0.374. The molecule has 22 heavy (non-hydrogen) atoms. The smallest absolute Gasteiger partial charge is 0.200 e. The molecule has 1 aliphatic heterocycles. The number of nitrogens with one attached hydrogen (secondary N) is 2. The van der Waals surface area contributed by atoms with Gasteiger partial charge < -0.3 is 10.6 Å². The molecule has 2 N–H and O–H groups in total. The van der Waals surface area contributed by atoms with E-state index in [0.717, 1.165) is 17.3 Å². The highest BCUT2D eigenvalue weighted by atomic mass is 79.9. The van der Waals surface area contributed by atoms with Gasteiger partial charge in [-0.3, -0.25) is 4.98 Å². The van der Waals surface area contributed by atoms with E-state index in [1.807, 2.05) is 18.2 Å². The van der Waals surface area contributed by atoms with Gasteiger partial charge in [0.1, 0.15) is 11.6 Å². The molecule has 6 heteroatoms. The zero-order valence-corrected chi connectivity index (χ0v) is 13.6. The molecule has 2 heterocycles. The fourth-order valence-corrected chi connectivity index (χ4v) is 2.85. The van der Waals surface area contributed by atoms with Crippen molar-refractivity contribution in [2.45, 2.75) is 31.7 Å². The second kappa shape index (κ2) is 6.75. The molecule has 1 aliphatic carbocycles. The third-order valence-electron chi connectivity index (χ3n) is 3.72. The molecule has 0 bridgehead atoms. The van der Waals surface area contributed by atoms with Crippen LogP contribution in [0.25, 0.3) is 5.57 Å². The summed E-state index contributed by atoms with van der Waals surface area (Å²) < 4.78 is 0.885. The summed E-state index contributed by atoms with van der Waals surface area (Å²) in [5.74, 6) is 0.703. The molecule has 0 spiro atoms. The van der Waals surface area contributed by atoms with Crippen LogP contribution in [0.1, 0.15) is 31.4 Å². The maximum atomic E-state index is 9.48. The van der Waals surface area contributed by atoms with Gasteiger partial charge in [-0.05, 0) is 47.0 Å². The van der Waals surface area contributed by atoms with Gasteiger partial charge in [-0.2, -0.15) is 5.26 Å². The minimum absolute atomic E-state index is 0.374. The Balaban J connectivity index is 1.88. The number of nitriles is 1. The van der Waals surface area contributed by atoms with Crippen LogP contribution in [0.3, 0.4) is 0 Å². The van der Waals surface area contributed by atoms with Gasteiger partial charge in [0.2, 0.25) is 0 Å². The van der Waals surface area contributed by atoms with Gasteiger partial charge in [-0.1, -0.05) is 12.8 Å². The molecule has 1 fully saturated rings. The van der Waals surface area contributed by atoms with E-state index in [2.05, 4.69) is 42.6 Å². The summed E-state index contributed by atoms with van der Waals surface area (Å²) in [6.45, 7) is 0. The van der Waals surface area contributed by atoms with Crippen LogP contribution in [0.5, 0.6) is 0 Å². The maximum absolute atomic E-state index is 9.48. The average Bonchev–Trinajstić information content (AvgIpc) is 3.03. The van der Waals surface area contributed by atoms with Crippen molar-refractivity contribution in [2.24, 2.45) is 4.99 Å². The standard InChI is InChI=1S/C16H16BrN5/c17-11-5-6-14(20-10-11)13(9-18)15-7-8-19-16(22-15)21-12-3-1-2-4-12/h5-8,10,12H,1-4H2,(H2,19,21,22). The highest BCUT2D eigenvalue weighted by Gasteiger charge is 2.17. The van der Waals surface area contributed by atoms with Crippen molar-refractivity contribution in [1.82, 2.24) is 15.6 Å². The number of allylic oxidation sites excluding steroid dienone is 2. The van der Waals surface area contributed by atoms with Crippen LogP contribution >= 0.6 is 15.9 Å². The first-order chi connectivity index (χ1) is 10.8. The summed E-state index contributed by atoms with van der Waals surface area (Å²) in [5, 5.41) is 15.8. The van der Waals surface area contributed by atoms with Gasteiger partial charge in [0, 0.05) is 16.9 Å². The Morgan fingerprint density at radius 3 is 2.86 bits per heavy atom. The first-order valence-electron chi connectivity index (χ1n) is 7.30. The molecule has 0 saturated heterocycles. The molecule has 1 aromatic heterocycles. The second-order valence-corrected chi connectivity index (χ2v) is 6.20. The highest BCUT2D eigenvalue weighted by molar-refractivity contribution is 9.10. The van der Waals surface area contributed by atoms with Crippen LogP contribution in [-0.2, 0) is 0 Å². The Labute approximate surface area is 138 Å². The predicted octanol–water partition coefficient (Wildman–Crippen LogP) is 3.08. The van der Waals surface area contributed by atoms with Crippen molar-refractivity contribution < 1.29 is 0 Å². The Hall–Kier alpha value is -2.13. The largest absolute Gasteiger partial charge is 0.333 e. The number of hydrogen-bond donors (Lipinski definition) is 2. The molecule has 0 unspecified atom stereocenters. The normalized spacial score (nSPS) is 22.1. The van der Waals surface area contributed by atoms with E-state index in [1.165, 1.54) is 12.8 Å². The van der Waals surface area contributed by atoms with E-state index in [0.29, 0.717) is 29.0 Å². The van der Waals surface area contributed by atoms with Gasteiger partial charge >= 0.3 is 0 Å². The highest BCUT2D eigenvalue weighted by Crippen LogP contribution is 2.22. The number of halogens is 1. The van der Waals surface area contributed by atoms with Gasteiger partial charge in [-0.25, -0.2) is 4.99 Å². The fraction of sp³-hybridized carbons (Fsp3) is 0.312. The summed E-state index contributed by atoms with van der Waals surface area (Å²) in [5.41, 5.74) is 1.86. The summed E-state index contributed by atoms with van der Waals surface area (Å²) >= 11 is 3.35. The lowest BCUT2D eigenvalue weighted by Crippen LogP contribution is -2.38. The quantitative estimate of drug-likeness (QED) is 0.797. The molecule has 0 aromatic carbocycles. The van der Waals surface area contributed by atoms with Gasteiger partial charge in [0.15, 0.2) is 5.96 Å². The second-order valence-electron chi connectivity index (χ2n) is 5.28. The topological polar surface area (TPSA) is 73.1 Å². The lowest BCUT2D eigenvalue weighted by molar-refractivity contribution is 0.696. The minimum Gasteiger partial charge on any atom is -0.333 e. The van der Waals surface area contributed by atoms with Crippen LogP contribution in [0.4, 0.5) is 0 Å². The molecule has 2 aliphatic rings. The molecule has 5 nitrogen and oxygen atoms in total. The summed E-state index contributed by atoms with van der Waals surface area (Å²) in [6.07, 6.45) is 10.1. The average molecular weight is 358 g/mol. The van der Waals surface area contributed by atoms with Crippen LogP contribution in [0, 0.1) is 11.3 Å². The van der Waals surface area contributed by atoms with Crippen molar-refractivity contribution in [3.8, 4) is 6.07 Å². The molecule has 0 atom stereocenters. The van der Waals surface area contributed by atoms with E-state index >= 15 is 0 Å². The first kappa shape index (κ1) is 14.8. The predicted molar refractivity (Wildman–Crippen MR) is 89.6 cm³/mol. The zero-order chi connectivity index (χ0) is 15.4. The van der Waals surface area contributed by atoms with Crippen LogP contribution in [0.2, 0.25) is 0 Å². The molecular weight excluding hydrogens is 342 g/mol. The van der Waals surface area contributed by atoms with Crippen molar-refractivity contribution in [3.05, 3.63) is 46.5 Å². The molecule has 0 radical (unpaired) electrons. The number of pyridine rings is 1.